The number of carbonyl (C=O) groups excluding carboxylic acids is 2. The lowest BCUT2D eigenvalue weighted by Gasteiger charge is -2.27. The summed E-state index contributed by atoms with van der Waals surface area (Å²) in [4.78, 5) is 22.8. The number of hydrogen-bond acceptors (Lipinski definition) is 4. The number of carbonyl (C=O) groups is 2. The van der Waals surface area contributed by atoms with E-state index >= 15 is 0 Å². The molecule has 0 aromatic heterocycles. The van der Waals surface area contributed by atoms with Gasteiger partial charge in [-0.3, -0.25) is 0 Å². The lowest BCUT2D eigenvalue weighted by atomic mass is 9.85. The predicted molar refractivity (Wildman–Crippen MR) is 77.1 cm³/mol. The van der Waals surface area contributed by atoms with E-state index < -0.39 is 11.9 Å². The van der Waals surface area contributed by atoms with E-state index in [-0.39, 0.29) is 6.10 Å². The molecule has 4 heteroatoms. The van der Waals surface area contributed by atoms with Gasteiger partial charge in [-0.05, 0) is 38.0 Å². The fourth-order valence-electron chi connectivity index (χ4n) is 2.54. The van der Waals surface area contributed by atoms with E-state index in [0.717, 1.165) is 50.2 Å². The molecule has 0 spiro atoms. The molecule has 0 bridgehead atoms. The first-order valence-corrected chi connectivity index (χ1v) is 7.71. The number of hydrogen-bond donors (Lipinski definition) is 0. The summed E-state index contributed by atoms with van der Waals surface area (Å²) in [6.07, 6.45) is 9.70. The van der Waals surface area contributed by atoms with Crippen molar-refractivity contribution in [3.8, 4) is 0 Å². The summed E-state index contributed by atoms with van der Waals surface area (Å²) in [6, 6.07) is 0. The summed E-state index contributed by atoms with van der Waals surface area (Å²) < 4.78 is 10.2. The monoisotopic (exact) mass is 282 g/mol. The van der Waals surface area contributed by atoms with Crippen LogP contribution in [0.5, 0.6) is 0 Å². The van der Waals surface area contributed by atoms with Gasteiger partial charge in [0.1, 0.15) is 6.10 Å². The van der Waals surface area contributed by atoms with Crippen molar-refractivity contribution in [1.29, 1.82) is 0 Å². The lowest BCUT2D eigenvalue weighted by molar-refractivity contribution is -0.145. The zero-order valence-electron chi connectivity index (χ0n) is 12.6. The van der Waals surface area contributed by atoms with Crippen molar-refractivity contribution < 1.29 is 19.1 Å². The van der Waals surface area contributed by atoms with Gasteiger partial charge in [0.05, 0.1) is 6.61 Å². The minimum Gasteiger partial charge on any atom is -0.463 e. The van der Waals surface area contributed by atoms with Crippen LogP contribution < -0.4 is 0 Å². The third-order valence-corrected chi connectivity index (χ3v) is 3.58. The molecule has 1 saturated carbocycles. The van der Waals surface area contributed by atoms with Gasteiger partial charge in [-0.15, -0.1) is 0 Å². The van der Waals surface area contributed by atoms with Crippen LogP contribution in [0, 0.1) is 5.92 Å². The molecule has 1 fully saturated rings. The Bertz CT molecular complexity index is 327. The lowest BCUT2D eigenvalue weighted by Crippen LogP contribution is -2.23. The van der Waals surface area contributed by atoms with Crippen molar-refractivity contribution in [1.82, 2.24) is 0 Å². The normalized spacial score (nSPS) is 22.7. The molecule has 0 aromatic carbocycles. The Kier molecular flexibility index (Phi) is 8.00. The summed E-state index contributed by atoms with van der Waals surface area (Å²) in [6.45, 7) is 4.49. The van der Waals surface area contributed by atoms with Gasteiger partial charge in [-0.2, -0.15) is 0 Å². The molecule has 4 nitrogen and oxygen atoms in total. The summed E-state index contributed by atoms with van der Waals surface area (Å²) in [5, 5.41) is 0. The van der Waals surface area contributed by atoms with Crippen molar-refractivity contribution in [2.45, 2.75) is 64.9 Å². The molecule has 0 amide bonds. The topological polar surface area (TPSA) is 52.6 Å². The molecular weight excluding hydrogens is 256 g/mol. The van der Waals surface area contributed by atoms with E-state index in [4.69, 9.17) is 9.47 Å². The Morgan fingerprint density at radius 1 is 1.00 bits per heavy atom. The van der Waals surface area contributed by atoms with E-state index in [1.807, 2.05) is 6.92 Å². The second kappa shape index (κ2) is 9.56. The second-order valence-electron chi connectivity index (χ2n) is 5.37. The Labute approximate surface area is 121 Å². The van der Waals surface area contributed by atoms with Crippen molar-refractivity contribution in [3.63, 3.8) is 0 Å². The molecule has 20 heavy (non-hydrogen) atoms. The van der Waals surface area contributed by atoms with E-state index in [2.05, 4.69) is 6.92 Å². The highest BCUT2D eigenvalue weighted by Crippen LogP contribution is 2.29. The number of esters is 2. The van der Waals surface area contributed by atoms with Crippen LogP contribution >= 0.6 is 0 Å². The second-order valence-corrected chi connectivity index (χ2v) is 5.37. The van der Waals surface area contributed by atoms with Crippen LogP contribution in [-0.4, -0.2) is 24.6 Å². The summed E-state index contributed by atoms with van der Waals surface area (Å²) in [5.41, 5.74) is 0. The summed E-state index contributed by atoms with van der Waals surface area (Å²) in [7, 11) is 0. The van der Waals surface area contributed by atoms with Crippen LogP contribution in [0.25, 0.3) is 0 Å². The molecule has 0 atom stereocenters. The van der Waals surface area contributed by atoms with Crippen LogP contribution in [0.3, 0.4) is 0 Å². The Morgan fingerprint density at radius 2 is 1.65 bits per heavy atom. The molecule has 0 heterocycles. The average Bonchev–Trinajstić information content (AvgIpc) is 2.45. The molecule has 1 aliphatic rings. The first-order chi connectivity index (χ1) is 9.65. The highest BCUT2D eigenvalue weighted by molar-refractivity contribution is 5.91. The van der Waals surface area contributed by atoms with Gasteiger partial charge in [0.2, 0.25) is 0 Å². The van der Waals surface area contributed by atoms with Crippen molar-refractivity contribution in [2.75, 3.05) is 6.61 Å². The molecule has 0 unspecified atom stereocenters. The van der Waals surface area contributed by atoms with Crippen LogP contribution in [0.4, 0.5) is 0 Å². The van der Waals surface area contributed by atoms with Crippen LogP contribution in [0.2, 0.25) is 0 Å². The first kappa shape index (κ1) is 16.7. The third kappa shape index (κ3) is 6.73. The van der Waals surface area contributed by atoms with Gasteiger partial charge in [0, 0.05) is 12.2 Å². The SMILES string of the molecule is CCCOC(=O)/C=C/C(=O)OC1CCC(CCC)CC1. The Balaban J connectivity index is 2.23. The van der Waals surface area contributed by atoms with Gasteiger partial charge < -0.3 is 9.47 Å². The van der Waals surface area contributed by atoms with E-state index in [0.29, 0.717) is 6.61 Å². The van der Waals surface area contributed by atoms with Crippen molar-refractivity contribution >= 4 is 11.9 Å². The Hall–Kier alpha value is -1.32. The highest BCUT2D eigenvalue weighted by atomic mass is 16.5. The molecule has 114 valence electrons. The zero-order valence-corrected chi connectivity index (χ0v) is 12.6. The fraction of sp³-hybridized carbons (Fsp3) is 0.750. The molecule has 1 aliphatic carbocycles. The predicted octanol–water partition coefficient (Wildman–Crippen LogP) is 3.40. The van der Waals surface area contributed by atoms with Gasteiger partial charge in [0.25, 0.3) is 0 Å². The molecule has 0 radical (unpaired) electrons. The largest absolute Gasteiger partial charge is 0.463 e. The zero-order chi connectivity index (χ0) is 14.8. The van der Waals surface area contributed by atoms with Gasteiger partial charge in [0.15, 0.2) is 0 Å². The smallest absolute Gasteiger partial charge is 0.331 e. The molecule has 0 aliphatic heterocycles. The summed E-state index contributed by atoms with van der Waals surface area (Å²) in [5.74, 6) is -0.151. The molecule has 0 saturated heterocycles. The van der Waals surface area contributed by atoms with Gasteiger partial charge in [-0.25, -0.2) is 9.59 Å². The average molecular weight is 282 g/mol. The quantitative estimate of drug-likeness (QED) is 0.530. The maximum absolute atomic E-state index is 11.6. The molecular formula is C16H26O4. The van der Waals surface area contributed by atoms with E-state index in [9.17, 15) is 9.59 Å². The van der Waals surface area contributed by atoms with Crippen molar-refractivity contribution in [2.24, 2.45) is 5.92 Å². The molecule has 0 aromatic rings. The van der Waals surface area contributed by atoms with Crippen LogP contribution in [0.1, 0.15) is 58.8 Å². The number of rotatable bonds is 7. The van der Waals surface area contributed by atoms with Crippen LogP contribution in [-0.2, 0) is 19.1 Å². The highest BCUT2D eigenvalue weighted by Gasteiger charge is 2.22. The minimum atomic E-state index is -0.490. The Morgan fingerprint density at radius 3 is 2.25 bits per heavy atom. The number of ether oxygens (including phenoxy) is 2. The summed E-state index contributed by atoms with van der Waals surface area (Å²) >= 11 is 0. The maximum atomic E-state index is 11.6. The van der Waals surface area contributed by atoms with Crippen LogP contribution in [0.15, 0.2) is 12.2 Å². The minimum absolute atomic E-state index is 0.00641. The molecule has 0 N–H and O–H groups in total. The van der Waals surface area contributed by atoms with E-state index in [1.54, 1.807) is 0 Å². The standard InChI is InChI=1S/C16H26O4/c1-3-5-13-6-8-14(9-7-13)20-16(18)11-10-15(17)19-12-4-2/h10-11,13-14H,3-9,12H2,1-2H3/b11-10+. The van der Waals surface area contributed by atoms with Gasteiger partial charge in [-0.1, -0.05) is 26.7 Å². The maximum Gasteiger partial charge on any atom is 0.331 e. The fourth-order valence-corrected chi connectivity index (χ4v) is 2.54. The molecule has 1 rings (SSSR count). The van der Waals surface area contributed by atoms with Gasteiger partial charge >= 0.3 is 11.9 Å². The van der Waals surface area contributed by atoms with E-state index in [1.165, 1.54) is 12.8 Å². The van der Waals surface area contributed by atoms with Crippen molar-refractivity contribution in [3.05, 3.63) is 12.2 Å². The third-order valence-electron chi connectivity index (χ3n) is 3.58. The first-order valence-electron chi connectivity index (χ1n) is 7.71.